The molecule has 2 rings (SSSR count). The number of nitrogens with zero attached hydrogens (tertiary/aromatic N) is 1. The Labute approximate surface area is 116 Å². The number of halogens is 1. The topological polar surface area (TPSA) is 56.3 Å². The minimum atomic E-state index is -3.48. The van der Waals surface area contributed by atoms with Crippen molar-refractivity contribution in [1.82, 2.24) is 4.98 Å². The molecule has 0 amide bonds. The van der Waals surface area contributed by atoms with Crippen molar-refractivity contribution in [3.8, 4) is 5.75 Å². The molecular weight excluding hydrogens is 286 g/mol. The summed E-state index contributed by atoms with van der Waals surface area (Å²) in [7, 11) is 1.71. The second-order valence-corrected chi connectivity index (χ2v) is 7.30. The Morgan fingerprint density at radius 1 is 1.37 bits per heavy atom. The van der Waals surface area contributed by atoms with E-state index in [-0.39, 0.29) is 11.7 Å². The minimum absolute atomic E-state index is 0.0968. The molecule has 0 N–H and O–H groups in total. The maximum atomic E-state index is 10.9. The molecule has 6 heteroatoms. The summed E-state index contributed by atoms with van der Waals surface area (Å²) in [6.07, 6.45) is 1.72. The predicted molar refractivity (Wildman–Crippen MR) is 76.0 cm³/mol. The van der Waals surface area contributed by atoms with Crippen LogP contribution in [0, 0.1) is 5.92 Å². The van der Waals surface area contributed by atoms with E-state index in [2.05, 4.69) is 4.98 Å². The molecule has 0 bridgehead atoms. The van der Waals surface area contributed by atoms with Crippen LogP contribution in [0.3, 0.4) is 0 Å². The van der Waals surface area contributed by atoms with E-state index >= 15 is 0 Å². The fourth-order valence-corrected chi connectivity index (χ4v) is 3.18. The molecule has 1 atom stereocenters. The smallest absolute Gasteiger partial charge is 0.232 e. The Morgan fingerprint density at radius 3 is 2.89 bits per heavy atom. The van der Waals surface area contributed by atoms with Crippen molar-refractivity contribution in [2.24, 2.45) is 5.92 Å². The number of rotatable bonds is 5. The lowest BCUT2D eigenvalue weighted by Crippen LogP contribution is -2.16. The van der Waals surface area contributed by atoms with E-state index in [1.807, 2.05) is 30.3 Å². The summed E-state index contributed by atoms with van der Waals surface area (Å²) in [6, 6.07) is 9.43. The van der Waals surface area contributed by atoms with Gasteiger partial charge in [0.1, 0.15) is 5.75 Å². The zero-order valence-corrected chi connectivity index (χ0v) is 12.0. The van der Waals surface area contributed by atoms with E-state index in [0.717, 1.165) is 10.9 Å². The molecular formula is C13H14ClNO3S. The number of benzene rings is 1. The first-order chi connectivity index (χ1) is 8.94. The molecule has 0 fully saturated rings. The first kappa shape index (κ1) is 14.1. The van der Waals surface area contributed by atoms with Gasteiger partial charge < -0.3 is 4.74 Å². The van der Waals surface area contributed by atoms with E-state index in [9.17, 15) is 8.42 Å². The van der Waals surface area contributed by atoms with Crippen LogP contribution in [0.5, 0.6) is 5.75 Å². The van der Waals surface area contributed by atoms with Gasteiger partial charge in [-0.3, -0.25) is 4.98 Å². The van der Waals surface area contributed by atoms with Gasteiger partial charge in [0.2, 0.25) is 9.05 Å². The number of pyridine rings is 1. The molecule has 0 saturated heterocycles. The van der Waals surface area contributed by atoms with Crippen molar-refractivity contribution in [3.63, 3.8) is 0 Å². The molecule has 1 unspecified atom stereocenters. The first-order valence-corrected chi connectivity index (χ1v) is 8.32. The third kappa shape index (κ3) is 4.36. The van der Waals surface area contributed by atoms with Gasteiger partial charge in [0.15, 0.2) is 0 Å². The number of ether oxygens (including phenoxy) is 1. The molecule has 0 spiro atoms. The van der Waals surface area contributed by atoms with Gasteiger partial charge in [-0.05, 0) is 18.2 Å². The SMILES string of the molecule is CC(COc1ccc2cccnc2c1)CS(=O)(=O)Cl. The van der Waals surface area contributed by atoms with Crippen molar-refractivity contribution < 1.29 is 13.2 Å². The van der Waals surface area contributed by atoms with E-state index < -0.39 is 9.05 Å². The van der Waals surface area contributed by atoms with Gasteiger partial charge in [-0.2, -0.15) is 0 Å². The lowest BCUT2D eigenvalue weighted by Gasteiger charge is -2.11. The van der Waals surface area contributed by atoms with E-state index in [1.165, 1.54) is 0 Å². The summed E-state index contributed by atoms with van der Waals surface area (Å²) in [4.78, 5) is 4.23. The first-order valence-electron chi connectivity index (χ1n) is 5.84. The summed E-state index contributed by atoms with van der Waals surface area (Å²) in [6.45, 7) is 2.07. The van der Waals surface area contributed by atoms with Gasteiger partial charge in [-0.15, -0.1) is 0 Å². The van der Waals surface area contributed by atoms with E-state index in [4.69, 9.17) is 15.4 Å². The zero-order chi connectivity index (χ0) is 13.9. The molecule has 1 heterocycles. The molecule has 0 aliphatic rings. The van der Waals surface area contributed by atoms with Gasteiger partial charge in [-0.25, -0.2) is 8.42 Å². The molecule has 0 aliphatic carbocycles. The molecule has 0 saturated carbocycles. The quantitative estimate of drug-likeness (QED) is 0.797. The van der Waals surface area contributed by atoms with Crippen LogP contribution in [0.25, 0.3) is 10.9 Å². The highest BCUT2D eigenvalue weighted by molar-refractivity contribution is 8.13. The molecule has 4 nitrogen and oxygen atoms in total. The Hall–Kier alpha value is -1.33. The third-order valence-corrected chi connectivity index (χ3v) is 3.94. The predicted octanol–water partition coefficient (Wildman–Crippen LogP) is 2.82. The van der Waals surface area contributed by atoms with Crippen LogP contribution in [-0.4, -0.2) is 25.8 Å². The highest BCUT2D eigenvalue weighted by Gasteiger charge is 2.13. The lowest BCUT2D eigenvalue weighted by molar-refractivity contribution is 0.272. The number of hydrogen-bond acceptors (Lipinski definition) is 4. The van der Waals surface area contributed by atoms with Gasteiger partial charge >= 0.3 is 0 Å². The Bertz CT molecular complexity index is 672. The minimum Gasteiger partial charge on any atom is -0.493 e. The van der Waals surface area contributed by atoms with Crippen LogP contribution in [0.4, 0.5) is 0 Å². The molecule has 19 heavy (non-hydrogen) atoms. The van der Waals surface area contributed by atoms with Crippen LogP contribution in [0.1, 0.15) is 6.92 Å². The third-order valence-electron chi connectivity index (χ3n) is 2.60. The summed E-state index contributed by atoms with van der Waals surface area (Å²) >= 11 is 0. The zero-order valence-electron chi connectivity index (χ0n) is 10.4. The second-order valence-electron chi connectivity index (χ2n) is 4.48. The van der Waals surface area contributed by atoms with E-state index in [1.54, 1.807) is 13.1 Å². The van der Waals surface area contributed by atoms with Crippen molar-refractivity contribution in [2.75, 3.05) is 12.4 Å². The molecule has 0 aliphatic heterocycles. The lowest BCUT2D eigenvalue weighted by atomic mass is 10.2. The second kappa shape index (κ2) is 5.75. The highest BCUT2D eigenvalue weighted by atomic mass is 35.7. The van der Waals surface area contributed by atoms with E-state index in [0.29, 0.717) is 12.4 Å². The Balaban J connectivity index is 2.02. The standard InChI is InChI=1S/C13H14ClNO3S/c1-10(9-19(14,16)17)8-18-12-5-4-11-3-2-6-15-13(11)7-12/h2-7,10H,8-9H2,1H3. The maximum absolute atomic E-state index is 10.9. The molecule has 1 aromatic heterocycles. The monoisotopic (exact) mass is 299 g/mol. The van der Waals surface area contributed by atoms with Gasteiger partial charge in [0, 0.05) is 34.2 Å². The summed E-state index contributed by atoms with van der Waals surface area (Å²) in [5.74, 6) is 0.410. The average Bonchev–Trinajstić information content (AvgIpc) is 2.34. The average molecular weight is 300 g/mol. The number of fused-ring (bicyclic) bond motifs is 1. The maximum Gasteiger partial charge on any atom is 0.232 e. The molecule has 1 aromatic carbocycles. The normalized spacial score (nSPS) is 13.4. The van der Waals surface area contributed by atoms with Crippen LogP contribution in [0.2, 0.25) is 0 Å². The Kier molecular flexibility index (Phi) is 4.27. The van der Waals surface area contributed by atoms with Crippen LogP contribution < -0.4 is 4.74 Å². The summed E-state index contributed by atoms with van der Waals surface area (Å²) in [5, 5.41) is 1.03. The molecule has 2 aromatic rings. The van der Waals surface area contributed by atoms with Crippen molar-refractivity contribution in [3.05, 3.63) is 36.5 Å². The largest absolute Gasteiger partial charge is 0.493 e. The van der Waals surface area contributed by atoms with Crippen LogP contribution in [0.15, 0.2) is 36.5 Å². The molecule has 102 valence electrons. The molecule has 0 radical (unpaired) electrons. The number of aromatic nitrogens is 1. The van der Waals surface area contributed by atoms with Crippen molar-refractivity contribution in [1.29, 1.82) is 0 Å². The highest BCUT2D eigenvalue weighted by Crippen LogP contribution is 2.19. The van der Waals surface area contributed by atoms with Crippen molar-refractivity contribution in [2.45, 2.75) is 6.92 Å². The van der Waals surface area contributed by atoms with Gasteiger partial charge in [0.05, 0.1) is 17.9 Å². The number of hydrogen-bond donors (Lipinski definition) is 0. The Morgan fingerprint density at radius 2 is 2.16 bits per heavy atom. The van der Waals surface area contributed by atoms with Crippen molar-refractivity contribution >= 4 is 30.6 Å². The van der Waals surface area contributed by atoms with Gasteiger partial charge in [-0.1, -0.05) is 13.0 Å². The fourth-order valence-electron chi connectivity index (χ4n) is 1.76. The van der Waals surface area contributed by atoms with Crippen LogP contribution >= 0.6 is 10.7 Å². The van der Waals surface area contributed by atoms with Crippen LogP contribution in [-0.2, 0) is 9.05 Å². The summed E-state index contributed by atoms with van der Waals surface area (Å²) in [5.41, 5.74) is 0.845. The van der Waals surface area contributed by atoms with Gasteiger partial charge in [0.25, 0.3) is 0 Å². The fraction of sp³-hybridized carbons (Fsp3) is 0.308. The summed E-state index contributed by atoms with van der Waals surface area (Å²) < 4.78 is 27.4.